The second kappa shape index (κ2) is 3.44. The molecule has 0 unspecified atom stereocenters. The Kier molecular flexibility index (Phi) is 2.52. The van der Waals surface area contributed by atoms with Crippen molar-refractivity contribution in [3.63, 3.8) is 0 Å². The van der Waals surface area contributed by atoms with Gasteiger partial charge in [0.1, 0.15) is 10.1 Å². The lowest BCUT2D eigenvalue weighted by molar-refractivity contribution is 0.463. The van der Waals surface area contributed by atoms with E-state index in [-0.39, 0.29) is 10.6 Å². The van der Waals surface area contributed by atoms with Crippen LogP contribution < -0.4 is 0 Å². The Morgan fingerprint density at radius 3 is 2.23 bits per heavy atom. The van der Waals surface area contributed by atoms with Crippen molar-refractivity contribution in [2.45, 2.75) is 4.90 Å². The molecule has 0 aromatic heterocycles. The summed E-state index contributed by atoms with van der Waals surface area (Å²) < 4.78 is 31.3. The van der Waals surface area contributed by atoms with E-state index >= 15 is 0 Å². The van der Waals surface area contributed by atoms with E-state index in [1.54, 1.807) is 0 Å². The second-order valence-electron chi connectivity index (χ2n) is 2.14. The summed E-state index contributed by atoms with van der Waals surface area (Å²) >= 11 is 0. The third-order valence-corrected chi connectivity index (χ3v) is 2.14. The summed E-state index contributed by atoms with van der Waals surface area (Å²) in [5.41, 5.74) is 8.29. The largest absolute Gasteiger partial charge is 0.744 e. The quantitative estimate of drug-likeness (QED) is 0.311. The van der Waals surface area contributed by atoms with Gasteiger partial charge >= 0.3 is 0 Å². The molecule has 1 rings (SSSR count). The molecular weight excluding hydrogens is 194 g/mol. The smallest absolute Gasteiger partial charge is 0.124 e. The first-order valence-electron chi connectivity index (χ1n) is 3.15. The third kappa shape index (κ3) is 2.45. The Morgan fingerprint density at radius 2 is 1.85 bits per heavy atom. The highest BCUT2D eigenvalue weighted by Gasteiger charge is 1.98. The van der Waals surface area contributed by atoms with Gasteiger partial charge in [-0.3, -0.25) is 0 Å². The molecule has 0 aliphatic rings. The summed E-state index contributed by atoms with van der Waals surface area (Å²) in [6, 6.07) is 4.69. The van der Waals surface area contributed by atoms with Crippen molar-refractivity contribution in [1.29, 1.82) is 0 Å². The van der Waals surface area contributed by atoms with Gasteiger partial charge in [-0.05, 0) is 17.7 Å². The molecule has 0 aliphatic carbocycles. The molecule has 0 N–H and O–H groups in total. The van der Waals surface area contributed by atoms with Crippen molar-refractivity contribution in [3.05, 3.63) is 34.7 Å². The molecule has 0 spiro atoms. The molecule has 1 aromatic rings. The molecule has 0 fully saturated rings. The van der Waals surface area contributed by atoms with Gasteiger partial charge in [0.15, 0.2) is 0 Å². The third-order valence-electron chi connectivity index (χ3n) is 1.29. The van der Waals surface area contributed by atoms with E-state index < -0.39 is 10.1 Å². The molecule has 7 heteroatoms. The van der Waals surface area contributed by atoms with Gasteiger partial charge in [-0.15, -0.1) is 0 Å². The minimum absolute atomic E-state index is 0.259. The zero-order valence-electron chi connectivity index (χ0n) is 6.28. The highest BCUT2D eigenvalue weighted by Crippen LogP contribution is 2.15. The van der Waals surface area contributed by atoms with Gasteiger partial charge in [0.25, 0.3) is 0 Å². The molecule has 13 heavy (non-hydrogen) atoms. The van der Waals surface area contributed by atoms with Crippen molar-refractivity contribution in [2.75, 3.05) is 0 Å². The van der Waals surface area contributed by atoms with E-state index in [0.29, 0.717) is 0 Å². The molecular formula is C6H4N3O3S-. The summed E-state index contributed by atoms with van der Waals surface area (Å²) in [4.78, 5) is 2.15. The molecule has 0 saturated carbocycles. The maximum absolute atomic E-state index is 10.4. The topological polar surface area (TPSA) is 106 Å². The van der Waals surface area contributed by atoms with Gasteiger partial charge in [0, 0.05) is 10.6 Å². The van der Waals surface area contributed by atoms with Gasteiger partial charge in [0.05, 0.1) is 4.90 Å². The Balaban J connectivity index is 3.15. The Bertz CT molecular complexity index is 445. The predicted octanol–water partition coefficient (Wildman–Crippen LogP) is 1.53. The number of rotatable bonds is 2. The fourth-order valence-corrected chi connectivity index (χ4v) is 1.20. The summed E-state index contributed by atoms with van der Waals surface area (Å²) in [7, 11) is -4.42. The van der Waals surface area contributed by atoms with E-state index in [4.69, 9.17) is 5.53 Å². The van der Waals surface area contributed by atoms with Crippen molar-refractivity contribution in [3.8, 4) is 0 Å². The Labute approximate surface area is 74.2 Å². The Hall–Kier alpha value is -1.56. The van der Waals surface area contributed by atoms with Crippen LogP contribution >= 0.6 is 0 Å². The van der Waals surface area contributed by atoms with Gasteiger partial charge in [-0.2, -0.15) is 0 Å². The van der Waals surface area contributed by atoms with Crippen LogP contribution in [0.1, 0.15) is 0 Å². The highest BCUT2D eigenvalue weighted by molar-refractivity contribution is 7.85. The van der Waals surface area contributed by atoms with Crippen LogP contribution in [0.2, 0.25) is 0 Å². The molecule has 0 saturated heterocycles. The van der Waals surface area contributed by atoms with Crippen molar-refractivity contribution >= 4 is 15.8 Å². The maximum Gasteiger partial charge on any atom is 0.124 e. The lowest BCUT2D eigenvalue weighted by atomic mass is 10.3. The summed E-state index contributed by atoms with van der Waals surface area (Å²) in [5.74, 6) is 0. The zero-order valence-corrected chi connectivity index (χ0v) is 7.10. The van der Waals surface area contributed by atoms with E-state index in [9.17, 15) is 13.0 Å². The number of hydrogen-bond acceptors (Lipinski definition) is 4. The molecule has 0 atom stereocenters. The minimum atomic E-state index is -4.42. The first-order chi connectivity index (χ1) is 6.04. The van der Waals surface area contributed by atoms with E-state index in [1.807, 2.05) is 0 Å². The summed E-state index contributed by atoms with van der Waals surface area (Å²) in [6.45, 7) is 0. The van der Waals surface area contributed by atoms with Crippen LogP contribution in [-0.2, 0) is 10.1 Å². The van der Waals surface area contributed by atoms with Gasteiger partial charge in [-0.25, -0.2) is 8.42 Å². The van der Waals surface area contributed by atoms with Crippen LogP contribution in [0.4, 0.5) is 5.69 Å². The first kappa shape index (κ1) is 9.53. The van der Waals surface area contributed by atoms with E-state index in [2.05, 4.69) is 10.0 Å². The highest BCUT2D eigenvalue weighted by atomic mass is 32.2. The van der Waals surface area contributed by atoms with Crippen LogP contribution in [0.3, 0.4) is 0 Å². The summed E-state index contributed by atoms with van der Waals surface area (Å²) in [5, 5.41) is 3.21. The van der Waals surface area contributed by atoms with Gasteiger partial charge in [0.2, 0.25) is 0 Å². The monoisotopic (exact) mass is 198 g/mol. The molecule has 0 aliphatic heterocycles. The van der Waals surface area contributed by atoms with Crippen LogP contribution in [0.15, 0.2) is 34.3 Å². The predicted molar refractivity (Wildman–Crippen MR) is 43.2 cm³/mol. The van der Waals surface area contributed by atoms with Crippen molar-refractivity contribution in [2.24, 2.45) is 5.11 Å². The van der Waals surface area contributed by atoms with E-state index in [1.165, 1.54) is 12.1 Å². The van der Waals surface area contributed by atoms with Gasteiger partial charge in [-0.1, -0.05) is 17.2 Å². The zero-order chi connectivity index (χ0) is 9.90. The molecule has 68 valence electrons. The average molecular weight is 198 g/mol. The lowest BCUT2D eigenvalue weighted by Crippen LogP contribution is -1.97. The standard InChI is InChI=1S/C6H5N3O3S/c7-9-8-5-1-3-6(4-2-5)13(10,11)12/h1-4H,(H,10,11,12)/p-1. The molecule has 0 bridgehead atoms. The number of hydrogen-bond donors (Lipinski definition) is 0. The second-order valence-corrected chi connectivity index (χ2v) is 3.52. The minimum Gasteiger partial charge on any atom is -0.744 e. The van der Waals surface area contributed by atoms with Crippen molar-refractivity contribution < 1.29 is 13.0 Å². The fourth-order valence-electron chi connectivity index (χ4n) is 0.731. The number of azide groups is 1. The molecule has 0 amide bonds. The lowest BCUT2D eigenvalue weighted by Gasteiger charge is -2.05. The fraction of sp³-hybridized carbons (Fsp3) is 0. The SMILES string of the molecule is [N-]=[N+]=Nc1ccc(S(=O)(=O)[O-])cc1. The van der Waals surface area contributed by atoms with Crippen LogP contribution in [0.25, 0.3) is 10.4 Å². The molecule has 1 aromatic carbocycles. The van der Waals surface area contributed by atoms with Gasteiger partial charge < -0.3 is 4.55 Å². The molecule has 0 radical (unpaired) electrons. The first-order valence-corrected chi connectivity index (χ1v) is 4.56. The number of benzene rings is 1. The normalized spacial score (nSPS) is 10.5. The van der Waals surface area contributed by atoms with Crippen molar-refractivity contribution in [1.82, 2.24) is 0 Å². The molecule has 0 heterocycles. The average Bonchev–Trinajstić information content (AvgIpc) is 2.04. The maximum atomic E-state index is 10.4. The van der Waals surface area contributed by atoms with Crippen LogP contribution in [0.5, 0.6) is 0 Å². The summed E-state index contributed by atoms with van der Waals surface area (Å²) in [6.07, 6.45) is 0. The van der Waals surface area contributed by atoms with Crippen LogP contribution in [0, 0.1) is 0 Å². The Morgan fingerprint density at radius 1 is 1.31 bits per heavy atom. The number of nitrogens with zero attached hydrogens (tertiary/aromatic N) is 3. The van der Waals surface area contributed by atoms with Crippen LogP contribution in [-0.4, -0.2) is 13.0 Å². The van der Waals surface area contributed by atoms with E-state index in [0.717, 1.165) is 12.1 Å². The molecule has 6 nitrogen and oxygen atoms in total.